The molecule has 1 unspecified atom stereocenters. The molecule has 0 bridgehead atoms. The van der Waals surface area contributed by atoms with Crippen molar-refractivity contribution < 1.29 is 14.7 Å². The minimum Gasteiger partial charge on any atom is -0.477 e. The largest absolute Gasteiger partial charge is 0.477 e. The zero-order valence-electron chi connectivity index (χ0n) is 7.90. The summed E-state index contributed by atoms with van der Waals surface area (Å²) in [6.45, 7) is 1.75. The van der Waals surface area contributed by atoms with Crippen LogP contribution in [0.1, 0.15) is 27.4 Å². The Morgan fingerprint density at radius 1 is 1.50 bits per heavy atom. The van der Waals surface area contributed by atoms with Gasteiger partial charge >= 0.3 is 5.97 Å². The number of amides is 1. The maximum atomic E-state index is 11.2. The molecule has 0 spiro atoms. The molecule has 1 atom stereocenters. The van der Waals surface area contributed by atoms with Crippen molar-refractivity contribution in [2.45, 2.75) is 12.8 Å². The second kappa shape index (κ2) is 4.23. The molecule has 1 aromatic rings. The fourth-order valence-electron chi connectivity index (χ4n) is 1.05. The Hall–Kier alpha value is -1.36. The van der Waals surface area contributed by atoms with Gasteiger partial charge in [-0.2, -0.15) is 0 Å². The van der Waals surface area contributed by atoms with E-state index in [1.165, 1.54) is 6.07 Å². The van der Waals surface area contributed by atoms with Crippen LogP contribution in [0, 0.1) is 0 Å². The Morgan fingerprint density at radius 3 is 2.57 bits per heavy atom. The van der Waals surface area contributed by atoms with Crippen LogP contribution in [0.25, 0.3) is 0 Å². The molecule has 0 aliphatic rings. The number of hydrogen-bond acceptors (Lipinski definition) is 3. The fourth-order valence-corrected chi connectivity index (χ4v) is 1.94. The monoisotopic (exact) mass is 213 g/mol. The highest BCUT2D eigenvalue weighted by molar-refractivity contribution is 7.14. The van der Waals surface area contributed by atoms with E-state index >= 15 is 0 Å². The number of aromatic carboxylic acids is 1. The first-order valence-corrected chi connectivity index (χ1v) is 4.92. The quantitative estimate of drug-likeness (QED) is 0.795. The highest BCUT2D eigenvalue weighted by Gasteiger charge is 2.17. The SMILES string of the molecule is CNC(=O)C(C)c1ccc(C(=O)O)s1. The molecule has 2 N–H and O–H groups in total. The van der Waals surface area contributed by atoms with Crippen LogP contribution in [0.3, 0.4) is 0 Å². The molecule has 76 valence electrons. The van der Waals surface area contributed by atoms with Gasteiger partial charge in [-0.3, -0.25) is 4.79 Å². The van der Waals surface area contributed by atoms with E-state index in [-0.39, 0.29) is 16.7 Å². The van der Waals surface area contributed by atoms with Crippen molar-refractivity contribution >= 4 is 23.2 Å². The van der Waals surface area contributed by atoms with Gasteiger partial charge in [-0.1, -0.05) is 0 Å². The third-order valence-electron chi connectivity index (χ3n) is 1.90. The lowest BCUT2D eigenvalue weighted by Crippen LogP contribution is -2.23. The van der Waals surface area contributed by atoms with Crippen LogP contribution in [-0.4, -0.2) is 24.0 Å². The number of carboxylic acid groups (broad SMARTS) is 1. The van der Waals surface area contributed by atoms with E-state index in [9.17, 15) is 9.59 Å². The number of carbonyl (C=O) groups excluding carboxylic acids is 1. The van der Waals surface area contributed by atoms with Crippen molar-refractivity contribution in [1.82, 2.24) is 5.32 Å². The van der Waals surface area contributed by atoms with Gasteiger partial charge in [0, 0.05) is 11.9 Å². The Balaban J connectivity index is 2.86. The lowest BCUT2D eigenvalue weighted by molar-refractivity contribution is -0.121. The first-order valence-electron chi connectivity index (χ1n) is 4.11. The molecule has 0 saturated carbocycles. The highest BCUT2D eigenvalue weighted by atomic mass is 32.1. The lowest BCUT2D eigenvalue weighted by Gasteiger charge is -2.05. The molecule has 0 aliphatic heterocycles. The normalized spacial score (nSPS) is 12.1. The van der Waals surface area contributed by atoms with Gasteiger partial charge in [-0.15, -0.1) is 11.3 Å². The van der Waals surface area contributed by atoms with Gasteiger partial charge in [0.25, 0.3) is 0 Å². The summed E-state index contributed by atoms with van der Waals surface area (Å²) < 4.78 is 0. The summed E-state index contributed by atoms with van der Waals surface area (Å²) in [5.41, 5.74) is 0. The summed E-state index contributed by atoms with van der Waals surface area (Å²) in [5.74, 6) is -1.35. The van der Waals surface area contributed by atoms with Gasteiger partial charge in [-0.05, 0) is 19.1 Å². The maximum absolute atomic E-state index is 11.2. The fraction of sp³-hybridized carbons (Fsp3) is 0.333. The summed E-state index contributed by atoms with van der Waals surface area (Å²) in [5, 5.41) is 11.2. The predicted octanol–water partition coefficient (Wildman–Crippen LogP) is 1.30. The van der Waals surface area contributed by atoms with Gasteiger partial charge in [0.15, 0.2) is 0 Å². The van der Waals surface area contributed by atoms with Gasteiger partial charge in [0.1, 0.15) is 4.88 Å². The van der Waals surface area contributed by atoms with E-state index in [1.807, 2.05) is 0 Å². The molecule has 1 aromatic heterocycles. The standard InChI is InChI=1S/C9H11NO3S/c1-5(8(11)10-2)6-3-4-7(14-6)9(12)13/h3-5H,1-2H3,(H,10,11)(H,12,13). The molecular weight excluding hydrogens is 202 g/mol. The van der Waals surface area contributed by atoms with E-state index in [2.05, 4.69) is 5.32 Å². The number of nitrogens with one attached hydrogen (secondary N) is 1. The zero-order valence-corrected chi connectivity index (χ0v) is 8.72. The lowest BCUT2D eigenvalue weighted by atomic mass is 10.1. The Labute approximate surface area is 85.6 Å². The molecule has 0 aromatic carbocycles. The molecule has 1 rings (SSSR count). The van der Waals surface area contributed by atoms with Crippen molar-refractivity contribution in [2.75, 3.05) is 7.05 Å². The van der Waals surface area contributed by atoms with Crippen molar-refractivity contribution in [3.63, 3.8) is 0 Å². The molecule has 0 fully saturated rings. The molecule has 4 nitrogen and oxygen atoms in total. The van der Waals surface area contributed by atoms with Crippen LogP contribution in [0.4, 0.5) is 0 Å². The molecule has 1 amide bonds. The summed E-state index contributed by atoms with van der Waals surface area (Å²) in [6, 6.07) is 3.19. The zero-order chi connectivity index (χ0) is 10.7. The van der Waals surface area contributed by atoms with Crippen LogP contribution in [-0.2, 0) is 4.79 Å². The minimum absolute atomic E-state index is 0.108. The van der Waals surface area contributed by atoms with Crippen molar-refractivity contribution in [3.8, 4) is 0 Å². The molecule has 14 heavy (non-hydrogen) atoms. The molecule has 0 radical (unpaired) electrons. The molecule has 0 aliphatic carbocycles. The third-order valence-corrected chi connectivity index (χ3v) is 3.16. The van der Waals surface area contributed by atoms with Crippen LogP contribution in [0.5, 0.6) is 0 Å². The van der Waals surface area contributed by atoms with Crippen molar-refractivity contribution in [3.05, 3.63) is 21.9 Å². The minimum atomic E-state index is -0.953. The molecule has 1 heterocycles. The van der Waals surface area contributed by atoms with Gasteiger partial charge in [0.05, 0.1) is 5.92 Å². The molecular formula is C9H11NO3S. The number of likely N-dealkylation sites (N-methyl/N-ethyl adjacent to an activating group) is 1. The van der Waals surface area contributed by atoms with Crippen LogP contribution in [0.15, 0.2) is 12.1 Å². The average molecular weight is 213 g/mol. The van der Waals surface area contributed by atoms with Crippen molar-refractivity contribution in [1.29, 1.82) is 0 Å². The van der Waals surface area contributed by atoms with Crippen LogP contribution >= 0.6 is 11.3 Å². The number of rotatable bonds is 3. The Bertz CT molecular complexity index is 359. The van der Waals surface area contributed by atoms with Gasteiger partial charge < -0.3 is 10.4 Å². The molecule has 0 saturated heterocycles. The summed E-state index contributed by atoms with van der Waals surface area (Å²) in [4.78, 5) is 22.9. The Kier molecular flexibility index (Phi) is 3.24. The van der Waals surface area contributed by atoms with Crippen LogP contribution < -0.4 is 5.32 Å². The van der Waals surface area contributed by atoms with Gasteiger partial charge in [0.2, 0.25) is 5.91 Å². The van der Waals surface area contributed by atoms with E-state index < -0.39 is 5.97 Å². The third kappa shape index (κ3) is 2.11. The second-order valence-corrected chi connectivity index (χ2v) is 3.96. The van der Waals surface area contributed by atoms with Gasteiger partial charge in [-0.25, -0.2) is 4.79 Å². The summed E-state index contributed by atoms with van der Waals surface area (Å²) >= 11 is 1.13. The first-order chi connectivity index (χ1) is 6.56. The average Bonchev–Trinajstić information content (AvgIpc) is 2.64. The Morgan fingerprint density at radius 2 is 2.14 bits per heavy atom. The van der Waals surface area contributed by atoms with Crippen LogP contribution in [0.2, 0.25) is 0 Å². The maximum Gasteiger partial charge on any atom is 0.345 e. The first kappa shape index (κ1) is 10.7. The van der Waals surface area contributed by atoms with E-state index in [0.717, 1.165) is 16.2 Å². The molecule has 5 heteroatoms. The highest BCUT2D eigenvalue weighted by Crippen LogP contribution is 2.24. The number of carboxylic acids is 1. The van der Waals surface area contributed by atoms with E-state index in [4.69, 9.17) is 5.11 Å². The number of thiophene rings is 1. The van der Waals surface area contributed by atoms with E-state index in [1.54, 1.807) is 20.0 Å². The smallest absolute Gasteiger partial charge is 0.345 e. The summed E-state index contributed by atoms with van der Waals surface area (Å²) in [7, 11) is 1.56. The second-order valence-electron chi connectivity index (χ2n) is 2.84. The predicted molar refractivity (Wildman–Crippen MR) is 53.8 cm³/mol. The topological polar surface area (TPSA) is 66.4 Å². The van der Waals surface area contributed by atoms with Crippen molar-refractivity contribution in [2.24, 2.45) is 0 Å². The summed E-state index contributed by atoms with van der Waals surface area (Å²) in [6.07, 6.45) is 0. The van der Waals surface area contributed by atoms with E-state index in [0.29, 0.717) is 0 Å². The number of carbonyl (C=O) groups is 2. The number of hydrogen-bond donors (Lipinski definition) is 2.